The van der Waals surface area contributed by atoms with Crippen molar-refractivity contribution in [1.82, 2.24) is 14.7 Å². The lowest BCUT2D eigenvalue weighted by Crippen LogP contribution is -2.30. The van der Waals surface area contributed by atoms with Crippen LogP contribution in [0.15, 0.2) is 6.07 Å². The van der Waals surface area contributed by atoms with Crippen molar-refractivity contribution in [2.45, 2.75) is 26.8 Å². The average molecular weight is 195 g/mol. The van der Waals surface area contributed by atoms with Crippen molar-refractivity contribution in [2.24, 2.45) is 0 Å². The van der Waals surface area contributed by atoms with E-state index in [1.54, 1.807) is 23.7 Å². The van der Waals surface area contributed by atoms with Crippen LogP contribution in [0.2, 0.25) is 0 Å². The molecule has 0 fully saturated rings. The number of hydrogen-bond acceptors (Lipinski definition) is 2. The predicted octanol–water partition coefficient (Wildman–Crippen LogP) is 1.15. The van der Waals surface area contributed by atoms with Gasteiger partial charge in [0.1, 0.15) is 6.04 Å². The zero-order chi connectivity index (χ0) is 10.9. The van der Waals surface area contributed by atoms with Gasteiger partial charge in [0.2, 0.25) is 5.91 Å². The van der Waals surface area contributed by atoms with E-state index in [1.165, 1.54) is 0 Å². The van der Waals surface area contributed by atoms with Crippen LogP contribution in [0.25, 0.3) is 0 Å². The SMILES string of the molecule is Cc1cc(C)n(C(C)C(=O)N(C)C)n1. The lowest BCUT2D eigenvalue weighted by Gasteiger charge is -2.18. The zero-order valence-electron chi connectivity index (χ0n) is 9.40. The van der Waals surface area contributed by atoms with Gasteiger partial charge in [-0.25, -0.2) is 0 Å². The van der Waals surface area contributed by atoms with E-state index >= 15 is 0 Å². The third-order valence-corrected chi connectivity index (χ3v) is 2.21. The molecule has 0 saturated carbocycles. The highest BCUT2D eigenvalue weighted by Crippen LogP contribution is 2.12. The molecule has 1 rings (SSSR count). The number of aryl methyl sites for hydroxylation is 2. The average Bonchev–Trinajstić information content (AvgIpc) is 2.42. The number of carbonyl (C=O) groups is 1. The molecule has 0 aromatic carbocycles. The summed E-state index contributed by atoms with van der Waals surface area (Å²) >= 11 is 0. The Hall–Kier alpha value is -1.32. The first-order valence-electron chi connectivity index (χ1n) is 4.67. The van der Waals surface area contributed by atoms with E-state index < -0.39 is 0 Å². The highest BCUT2D eigenvalue weighted by molar-refractivity contribution is 5.79. The van der Waals surface area contributed by atoms with E-state index in [0.29, 0.717) is 0 Å². The fourth-order valence-electron chi connectivity index (χ4n) is 1.52. The molecular weight excluding hydrogens is 178 g/mol. The largest absolute Gasteiger partial charge is 0.347 e. The van der Waals surface area contributed by atoms with Gasteiger partial charge >= 0.3 is 0 Å². The normalized spacial score (nSPS) is 12.6. The summed E-state index contributed by atoms with van der Waals surface area (Å²) in [5, 5.41) is 4.28. The zero-order valence-corrected chi connectivity index (χ0v) is 9.40. The van der Waals surface area contributed by atoms with E-state index in [9.17, 15) is 4.79 Å². The molecule has 0 aliphatic rings. The standard InChI is InChI=1S/C10H17N3O/c1-7-6-8(2)13(11-7)9(3)10(14)12(4)5/h6,9H,1-5H3. The van der Waals surface area contributed by atoms with Crippen LogP contribution in [0.5, 0.6) is 0 Å². The van der Waals surface area contributed by atoms with Crippen molar-refractivity contribution >= 4 is 5.91 Å². The summed E-state index contributed by atoms with van der Waals surface area (Å²) in [6.07, 6.45) is 0. The van der Waals surface area contributed by atoms with Crippen LogP contribution in [-0.4, -0.2) is 34.7 Å². The molecule has 0 bridgehead atoms. The van der Waals surface area contributed by atoms with Gasteiger partial charge in [-0.1, -0.05) is 0 Å². The van der Waals surface area contributed by atoms with Gasteiger partial charge in [0, 0.05) is 19.8 Å². The molecule has 1 aromatic rings. The Kier molecular flexibility index (Phi) is 2.93. The Bertz CT molecular complexity index is 341. The molecule has 4 nitrogen and oxygen atoms in total. The van der Waals surface area contributed by atoms with Crippen molar-refractivity contribution in [3.8, 4) is 0 Å². The highest BCUT2D eigenvalue weighted by atomic mass is 16.2. The summed E-state index contributed by atoms with van der Waals surface area (Å²) in [4.78, 5) is 13.3. The van der Waals surface area contributed by atoms with Crippen LogP contribution >= 0.6 is 0 Å². The summed E-state index contributed by atoms with van der Waals surface area (Å²) in [5.41, 5.74) is 1.96. The highest BCUT2D eigenvalue weighted by Gasteiger charge is 2.18. The minimum atomic E-state index is -0.223. The molecule has 0 spiro atoms. The summed E-state index contributed by atoms with van der Waals surface area (Å²) in [6, 6.07) is 1.75. The number of rotatable bonds is 2. The Morgan fingerprint density at radius 2 is 2.07 bits per heavy atom. The monoisotopic (exact) mass is 195 g/mol. The first-order chi connectivity index (χ1) is 6.43. The first kappa shape index (κ1) is 10.8. The quantitative estimate of drug-likeness (QED) is 0.710. The number of likely N-dealkylation sites (N-methyl/N-ethyl adjacent to an activating group) is 1. The van der Waals surface area contributed by atoms with Crippen molar-refractivity contribution < 1.29 is 4.79 Å². The number of amides is 1. The predicted molar refractivity (Wildman–Crippen MR) is 55.1 cm³/mol. The molecule has 1 atom stereocenters. The minimum absolute atomic E-state index is 0.0659. The second kappa shape index (κ2) is 3.82. The lowest BCUT2D eigenvalue weighted by molar-refractivity contribution is -0.132. The molecule has 0 aliphatic heterocycles. The Balaban J connectivity index is 2.94. The maximum Gasteiger partial charge on any atom is 0.246 e. The summed E-state index contributed by atoms with van der Waals surface area (Å²) < 4.78 is 1.76. The third-order valence-electron chi connectivity index (χ3n) is 2.21. The number of nitrogens with zero attached hydrogens (tertiary/aromatic N) is 3. The van der Waals surface area contributed by atoms with Crippen molar-refractivity contribution in [3.05, 3.63) is 17.5 Å². The van der Waals surface area contributed by atoms with Crippen LogP contribution in [0.3, 0.4) is 0 Å². The first-order valence-corrected chi connectivity index (χ1v) is 4.67. The van der Waals surface area contributed by atoms with Gasteiger partial charge in [0.25, 0.3) is 0 Å². The van der Waals surface area contributed by atoms with Crippen molar-refractivity contribution in [3.63, 3.8) is 0 Å². The second-order valence-corrected chi connectivity index (χ2v) is 3.78. The fourth-order valence-corrected chi connectivity index (χ4v) is 1.52. The molecule has 0 N–H and O–H groups in total. The maximum atomic E-state index is 11.7. The minimum Gasteiger partial charge on any atom is -0.347 e. The maximum absolute atomic E-state index is 11.7. The molecule has 1 heterocycles. The lowest BCUT2D eigenvalue weighted by atomic mass is 10.3. The second-order valence-electron chi connectivity index (χ2n) is 3.78. The van der Waals surface area contributed by atoms with E-state index in [-0.39, 0.29) is 11.9 Å². The van der Waals surface area contributed by atoms with Gasteiger partial charge in [0.15, 0.2) is 0 Å². The Morgan fingerprint density at radius 3 is 2.43 bits per heavy atom. The van der Waals surface area contributed by atoms with Gasteiger partial charge < -0.3 is 4.90 Å². The molecule has 1 unspecified atom stereocenters. The molecule has 0 radical (unpaired) electrons. The van der Waals surface area contributed by atoms with Gasteiger partial charge in [-0.3, -0.25) is 9.48 Å². The van der Waals surface area contributed by atoms with E-state index in [2.05, 4.69) is 5.10 Å². The van der Waals surface area contributed by atoms with Crippen LogP contribution in [-0.2, 0) is 4.79 Å². The third kappa shape index (κ3) is 1.95. The van der Waals surface area contributed by atoms with E-state index in [1.807, 2.05) is 26.8 Å². The summed E-state index contributed by atoms with van der Waals surface area (Å²) in [5.74, 6) is 0.0659. The van der Waals surface area contributed by atoms with Crippen molar-refractivity contribution in [2.75, 3.05) is 14.1 Å². The molecule has 1 aromatic heterocycles. The molecule has 4 heteroatoms. The van der Waals surface area contributed by atoms with E-state index in [0.717, 1.165) is 11.4 Å². The van der Waals surface area contributed by atoms with Gasteiger partial charge in [-0.05, 0) is 26.8 Å². The van der Waals surface area contributed by atoms with Crippen LogP contribution in [0, 0.1) is 13.8 Å². The Morgan fingerprint density at radius 1 is 1.50 bits per heavy atom. The van der Waals surface area contributed by atoms with Crippen LogP contribution in [0.4, 0.5) is 0 Å². The van der Waals surface area contributed by atoms with Crippen LogP contribution in [0.1, 0.15) is 24.4 Å². The molecule has 0 saturated heterocycles. The Labute approximate surface area is 84.5 Å². The number of aromatic nitrogens is 2. The number of hydrogen-bond donors (Lipinski definition) is 0. The van der Waals surface area contributed by atoms with Crippen molar-refractivity contribution in [1.29, 1.82) is 0 Å². The topological polar surface area (TPSA) is 38.1 Å². The summed E-state index contributed by atoms with van der Waals surface area (Å²) in [7, 11) is 3.51. The molecule has 78 valence electrons. The van der Waals surface area contributed by atoms with Gasteiger partial charge in [-0.2, -0.15) is 5.10 Å². The molecule has 14 heavy (non-hydrogen) atoms. The summed E-state index contributed by atoms with van der Waals surface area (Å²) in [6.45, 7) is 5.75. The molecule has 0 aliphatic carbocycles. The molecule has 1 amide bonds. The van der Waals surface area contributed by atoms with Crippen LogP contribution < -0.4 is 0 Å². The van der Waals surface area contributed by atoms with Gasteiger partial charge in [-0.15, -0.1) is 0 Å². The smallest absolute Gasteiger partial charge is 0.246 e. The fraction of sp³-hybridized carbons (Fsp3) is 0.600. The van der Waals surface area contributed by atoms with Gasteiger partial charge in [0.05, 0.1) is 5.69 Å². The van der Waals surface area contributed by atoms with E-state index in [4.69, 9.17) is 0 Å². The molecular formula is C10H17N3O. The number of carbonyl (C=O) groups excluding carboxylic acids is 1.